The molecule has 30 heavy (non-hydrogen) atoms. The summed E-state index contributed by atoms with van der Waals surface area (Å²) >= 11 is 0. The van der Waals surface area contributed by atoms with Crippen molar-refractivity contribution < 1.29 is 4.74 Å². The van der Waals surface area contributed by atoms with Gasteiger partial charge in [0, 0.05) is 6.20 Å². The Morgan fingerprint density at radius 2 is 1.80 bits per heavy atom. The van der Waals surface area contributed by atoms with Gasteiger partial charge in [0.05, 0.1) is 17.1 Å². The van der Waals surface area contributed by atoms with E-state index in [0.29, 0.717) is 28.5 Å². The lowest BCUT2D eigenvalue weighted by molar-refractivity contribution is 0.442. The predicted octanol–water partition coefficient (Wildman–Crippen LogP) is 5.09. The quantitative estimate of drug-likeness (QED) is 0.492. The first-order chi connectivity index (χ1) is 14.7. The van der Waals surface area contributed by atoms with Crippen molar-refractivity contribution in [1.82, 2.24) is 15.0 Å². The number of hydrogen-bond donors (Lipinski definition) is 1. The Morgan fingerprint density at radius 1 is 1.00 bits per heavy atom. The van der Waals surface area contributed by atoms with Crippen molar-refractivity contribution in [3.63, 3.8) is 0 Å². The molecule has 5 nitrogen and oxygen atoms in total. The van der Waals surface area contributed by atoms with Crippen molar-refractivity contribution >= 4 is 10.9 Å². The largest absolute Gasteiger partial charge is 0.426 e. The summed E-state index contributed by atoms with van der Waals surface area (Å²) in [5, 5.41) is 0.496. The van der Waals surface area contributed by atoms with Crippen molar-refractivity contribution in [2.75, 3.05) is 0 Å². The molecule has 1 fully saturated rings. The molecule has 0 bridgehead atoms. The fraction of sp³-hybridized carbons (Fsp3) is 0.240. The standard InChI is InChI=1S/C25H23N3O2/c1-2-19-21(23(19)17-6-4-3-5-7-17)14-16-8-10-18(11-9-16)30-25-27-22-15-26-13-12-20(22)24(29)28-25/h3-13,15,19,21,23H,2,14H2,1H3,(H,27,28,29). The van der Waals surface area contributed by atoms with Gasteiger partial charge in [0.2, 0.25) is 0 Å². The molecule has 0 spiro atoms. The first-order valence-electron chi connectivity index (χ1n) is 10.4. The molecule has 4 aromatic rings. The third kappa shape index (κ3) is 3.59. The molecule has 1 aliphatic rings. The summed E-state index contributed by atoms with van der Waals surface area (Å²) in [6, 6.07) is 20.7. The molecule has 5 rings (SSSR count). The number of H-pyrrole nitrogens is 1. The van der Waals surface area contributed by atoms with Crippen molar-refractivity contribution in [2.24, 2.45) is 11.8 Å². The van der Waals surface area contributed by atoms with Crippen molar-refractivity contribution in [1.29, 1.82) is 0 Å². The molecule has 3 unspecified atom stereocenters. The zero-order valence-electron chi connectivity index (χ0n) is 16.8. The number of ether oxygens (including phenoxy) is 1. The molecule has 0 amide bonds. The number of rotatable bonds is 6. The maximum Gasteiger partial charge on any atom is 0.302 e. The smallest absolute Gasteiger partial charge is 0.302 e. The van der Waals surface area contributed by atoms with Gasteiger partial charge in [0.1, 0.15) is 5.75 Å². The second-order valence-electron chi connectivity index (χ2n) is 7.89. The molecule has 5 heteroatoms. The first-order valence-corrected chi connectivity index (χ1v) is 10.4. The highest BCUT2D eigenvalue weighted by molar-refractivity contribution is 5.76. The Hall–Kier alpha value is -3.47. The minimum absolute atomic E-state index is 0.172. The van der Waals surface area contributed by atoms with Crippen LogP contribution in [0.5, 0.6) is 11.8 Å². The molecule has 0 saturated heterocycles. The maximum absolute atomic E-state index is 12.2. The van der Waals surface area contributed by atoms with Crippen molar-refractivity contribution in [2.45, 2.75) is 25.7 Å². The molecule has 2 aromatic carbocycles. The van der Waals surface area contributed by atoms with Crippen LogP contribution in [0.15, 0.2) is 77.9 Å². The molecule has 2 heterocycles. The van der Waals surface area contributed by atoms with Gasteiger partial charge >= 0.3 is 6.01 Å². The first kappa shape index (κ1) is 18.6. The van der Waals surface area contributed by atoms with E-state index < -0.39 is 0 Å². The second-order valence-corrected chi connectivity index (χ2v) is 7.89. The van der Waals surface area contributed by atoms with Crippen molar-refractivity contribution in [3.8, 4) is 11.8 Å². The van der Waals surface area contributed by atoms with E-state index in [4.69, 9.17) is 4.74 Å². The van der Waals surface area contributed by atoms with Gasteiger partial charge in [0.15, 0.2) is 0 Å². The van der Waals surface area contributed by atoms with Crippen LogP contribution in [0.4, 0.5) is 0 Å². The number of aromatic amines is 1. The maximum atomic E-state index is 12.2. The summed E-state index contributed by atoms with van der Waals surface area (Å²) in [4.78, 5) is 23.2. The number of nitrogens with one attached hydrogen (secondary N) is 1. The van der Waals surface area contributed by atoms with E-state index in [9.17, 15) is 4.79 Å². The number of fused-ring (bicyclic) bond motifs is 1. The summed E-state index contributed by atoms with van der Waals surface area (Å²) in [7, 11) is 0. The van der Waals surface area contributed by atoms with Crippen molar-refractivity contribution in [3.05, 3.63) is 94.5 Å². The molecular weight excluding hydrogens is 374 g/mol. The lowest BCUT2D eigenvalue weighted by Gasteiger charge is -2.07. The van der Waals surface area contributed by atoms with E-state index in [1.807, 2.05) is 12.1 Å². The number of hydrogen-bond acceptors (Lipinski definition) is 4. The van der Waals surface area contributed by atoms with Crippen LogP contribution in [0, 0.1) is 11.8 Å². The van der Waals surface area contributed by atoms with E-state index in [-0.39, 0.29) is 11.6 Å². The molecule has 150 valence electrons. The number of benzene rings is 2. The summed E-state index contributed by atoms with van der Waals surface area (Å²) < 4.78 is 5.78. The highest BCUT2D eigenvalue weighted by Gasteiger charge is 2.48. The molecular formula is C25H23N3O2. The molecule has 0 radical (unpaired) electrons. The average molecular weight is 397 g/mol. The van der Waals surface area contributed by atoms with Gasteiger partial charge in [-0.3, -0.25) is 14.8 Å². The highest BCUT2D eigenvalue weighted by atomic mass is 16.5. The Labute approximate surface area is 174 Å². The number of nitrogens with zero attached hydrogens (tertiary/aromatic N) is 2. The Balaban J connectivity index is 1.29. The SMILES string of the molecule is CCC1C(Cc2ccc(Oc3nc4cnccc4c(=O)[nH]3)cc2)C1c1ccccc1. The van der Waals surface area contributed by atoms with Crippen LogP contribution < -0.4 is 10.3 Å². The third-order valence-electron chi connectivity index (χ3n) is 6.08. The second kappa shape index (κ2) is 7.75. The molecule has 2 aromatic heterocycles. The van der Waals surface area contributed by atoms with Crippen LogP contribution in [0.3, 0.4) is 0 Å². The fourth-order valence-electron chi connectivity index (χ4n) is 4.54. The van der Waals surface area contributed by atoms with Crippen LogP contribution in [0.1, 0.15) is 30.4 Å². The van der Waals surface area contributed by atoms with E-state index in [0.717, 1.165) is 12.3 Å². The van der Waals surface area contributed by atoms with Gasteiger partial charge in [-0.1, -0.05) is 55.8 Å². The van der Waals surface area contributed by atoms with E-state index in [1.165, 1.54) is 17.5 Å². The van der Waals surface area contributed by atoms with Gasteiger partial charge < -0.3 is 4.74 Å². The van der Waals surface area contributed by atoms with Gasteiger partial charge in [-0.15, -0.1) is 0 Å². The van der Waals surface area contributed by atoms with E-state index >= 15 is 0 Å². The molecule has 1 saturated carbocycles. The molecule has 0 aliphatic heterocycles. The summed E-state index contributed by atoms with van der Waals surface area (Å²) in [5.41, 5.74) is 3.03. The van der Waals surface area contributed by atoms with Gasteiger partial charge in [0.25, 0.3) is 5.56 Å². The minimum atomic E-state index is -0.236. The predicted molar refractivity (Wildman–Crippen MR) is 117 cm³/mol. The summed E-state index contributed by atoms with van der Waals surface area (Å²) in [6.07, 6.45) is 5.41. The molecule has 3 atom stereocenters. The van der Waals surface area contributed by atoms with Crippen LogP contribution in [-0.2, 0) is 6.42 Å². The molecule has 1 aliphatic carbocycles. The number of aromatic nitrogens is 3. The Morgan fingerprint density at radius 3 is 2.57 bits per heavy atom. The van der Waals surface area contributed by atoms with Crippen LogP contribution in [-0.4, -0.2) is 15.0 Å². The summed E-state index contributed by atoms with van der Waals surface area (Å²) in [5.74, 6) is 2.75. The normalized spacial score (nSPS) is 20.2. The summed E-state index contributed by atoms with van der Waals surface area (Å²) in [6.45, 7) is 2.28. The van der Waals surface area contributed by atoms with Crippen LogP contribution in [0.2, 0.25) is 0 Å². The van der Waals surface area contributed by atoms with E-state index in [2.05, 4.69) is 64.3 Å². The zero-order chi connectivity index (χ0) is 20.5. The van der Waals surface area contributed by atoms with Gasteiger partial charge in [-0.05, 0) is 53.5 Å². The zero-order valence-corrected chi connectivity index (χ0v) is 16.8. The van der Waals surface area contributed by atoms with Crippen LogP contribution >= 0.6 is 0 Å². The van der Waals surface area contributed by atoms with Crippen LogP contribution in [0.25, 0.3) is 10.9 Å². The van der Waals surface area contributed by atoms with E-state index in [1.54, 1.807) is 18.5 Å². The lowest BCUT2D eigenvalue weighted by Crippen LogP contribution is -2.09. The highest BCUT2D eigenvalue weighted by Crippen LogP contribution is 2.57. The van der Waals surface area contributed by atoms with Gasteiger partial charge in [-0.2, -0.15) is 4.98 Å². The monoisotopic (exact) mass is 397 g/mol. The average Bonchev–Trinajstić information content (AvgIpc) is 3.48. The topological polar surface area (TPSA) is 67.9 Å². The third-order valence-corrected chi connectivity index (χ3v) is 6.08. The number of pyridine rings is 1. The minimum Gasteiger partial charge on any atom is -0.426 e. The lowest BCUT2D eigenvalue weighted by atomic mass is 10.0. The molecule has 1 N–H and O–H groups in total. The fourth-order valence-corrected chi connectivity index (χ4v) is 4.54. The Bertz CT molecular complexity index is 1220. The van der Waals surface area contributed by atoms with Gasteiger partial charge in [-0.25, -0.2) is 0 Å². The Kier molecular flexibility index (Phi) is 4.79.